The molecule has 0 amide bonds. The van der Waals surface area contributed by atoms with Crippen LogP contribution in [0.25, 0.3) is 0 Å². The maximum Gasteiger partial charge on any atom is 0.191 e. The van der Waals surface area contributed by atoms with E-state index < -0.39 is 16.1 Å². The van der Waals surface area contributed by atoms with E-state index >= 15 is 0 Å². The zero-order valence-corrected chi connectivity index (χ0v) is 15.5. The lowest BCUT2D eigenvalue weighted by Gasteiger charge is -2.32. The van der Waals surface area contributed by atoms with E-state index in [9.17, 15) is 0 Å². The fourth-order valence-electron chi connectivity index (χ4n) is 1.06. The quantitative estimate of drug-likeness (QED) is 0.496. The van der Waals surface area contributed by atoms with E-state index in [2.05, 4.69) is 60.1 Å². The first-order chi connectivity index (χ1) is 6.87. The average molecular weight is 277 g/mol. The fraction of sp³-hybridized carbons (Fsp3) is 0.917. The van der Waals surface area contributed by atoms with E-state index in [1.807, 2.05) is 0 Å². The van der Waals surface area contributed by atoms with Gasteiger partial charge in [0.25, 0.3) is 0 Å². The van der Waals surface area contributed by atoms with Crippen molar-refractivity contribution in [3.8, 4) is 0 Å². The molecule has 0 fully saturated rings. The van der Waals surface area contributed by atoms with Crippen molar-refractivity contribution in [3.63, 3.8) is 0 Å². The molecule has 0 unspecified atom stereocenters. The summed E-state index contributed by atoms with van der Waals surface area (Å²) in [6.45, 7) is 20.9. The molecular weight excluding hydrogens is 247 g/mol. The molecule has 16 heavy (non-hydrogen) atoms. The van der Waals surface area contributed by atoms with Gasteiger partial charge in [-0.05, 0) is 26.1 Å². The minimum Gasteiger partial charge on any atom is -0.385 e. The van der Waals surface area contributed by atoms with Gasteiger partial charge in [0.2, 0.25) is 0 Å². The van der Waals surface area contributed by atoms with E-state index in [-0.39, 0.29) is 5.41 Å². The molecule has 0 aromatic rings. The molecule has 0 N–H and O–H groups in total. The predicted molar refractivity (Wildman–Crippen MR) is 83.8 cm³/mol. The van der Waals surface area contributed by atoms with Crippen molar-refractivity contribution < 1.29 is 4.43 Å². The molecule has 0 atom stereocenters. The van der Waals surface area contributed by atoms with Crippen LogP contribution in [0.3, 0.4) is 0 Å². The van der Waals surface area contributed by atoms with E-state index in [1.54, 1.807) is 0 Å². The van der Waals surface area contributed by atoms with Crippen molar-refractivity contribution in [3.05, 3.63) is 0 Å². The van der Waals surface area contributed by atoms with Crippen LogP contribution < -0.4 is 0 Å². The minimum atomic E-state index is -1.47. The molecule has 0 rings (SSSR count). The summed E-state index contributed by atoms with van der Waals surface area (Å²) in [4.78, 5) is 0. The van der Waals surface area contributed by atoms with Gasteiger partial charge in [-0.15, -0.1) is 0 Å². The molecule has 0 aromatic carbocycles. The lowest BCUT2D eigenvalue weighted by atomic mass is 9.92. The van der Waals surface area contributed by atoms with Gasteiger partial charge < -0.3 is 4.43 Å². The van der Waals surface area contributed by atoms with Crippen LogP contribution >= 0.6 is 7.75 Å². The zero-order chi connectivity index (χ0) is 13.2. The highest BCUT2D eigenvalue weighted by molar-refractivity contribution is 7.81. The summed E-state index contributed by atoms with van der Waals surface area (Å²) >= 11 is 0. The van der Waals surface area contributed by atoms with Crippen LogP contribution in [0.2, 0.25) is 39.3 Å². The molecule has 0 aliphatic carbocycles. The molecule has 0 spiro atoms. The summed E-state index contributed by atoms with van der Waals surface area (Å²) in [6.07, 6.45) is 1.16. The van der Waals surface area contributed by atoms with Crippen molar-refractivity contribution in [1.29, 1.82) is 0 Å². The summed E-state index contributed by atoms with van der Waals surface area (Å²) in [5.74, 6) is 0. The second-order valence-electron chi connectivity index (χ2n) is 7.04. The Hall–Kier alpha value is 0.564. The normalized spacial score (nSPS) is 15.4. The summed E-state index contributed by atoms with van der Waals surface area (Å²) in [7, 11) is -1.10. The third kappa shape index (κ3) is 7.00. The van der Waals surface area contributed by atoms with Gasteiger partial charge in [0, 0.05) is 5.41 Å². The highest BCUT2D eigenvalue weighted by Gasteiger charge is 2.29. The lowest BCUT2D eigenvalue weighted by Crippen LogP contribution is -2.36. The van der Waals surface area contributed by atoms with Crippen molar-refractivity contribution in [2.45, 2.75) is 66.5 Å². The van der Waals surface area contributed by atoms with E-state index in [0.717, 1.165) is 6.42 Å². The Balaban J connectivity index is 5.16. The molecule has 0 aromatic heterocycles. The summed E-state index contributed by atoms with van der Waals surface area (Å²) in [5, 5.41) is 0. The van der Waals surface area contributed by atoms with Gasteiger partial charge in [-0.3, -0.25) is 0 Å². The maximum absolute atomic E-state index is 6.35. The molecular formula is C12H29OPSi2. The predicted octanol–water partition coefficient (Wildman–Crippen LogP) is 5.19. The average Bonchev–Trinajstić information content (AvgIpc) is 1.97. The molecule has 0 aliphatic rings. The van der Waals surface area contributed by atoms with E-state index in [1.165, 1.54) is 13.2 Å². The third-order valence-electron chi connectivity index (χ3n) is 2.30. The first-order valence-corrected chi connectivity index (χ1v) is 14.8. The van der Waals surface area contributed by atoms with Gasteiger partial charge in [0.1, 0.15) is 7.74 Å². The van der Waals surface area contributed by atoms with Crippen LogP contribution in [-0.4, -0.2) is 21.5 Å². The monoisotopic (exact) mass is 276 g/mol. The molecule has 4 heteroatoms. The SMILES string of the molecule is CCC(C)(C)C(O[Si](C)(C)C)=P[Si](C)(C)C. The Morgan fingerprint density at radius 3 is 1.75 bits per heavy atom. The lowest BCUT2D eigenvalue weighted by molar-refractivity contribution is 0.407. The summed E-state index contributed by atoms with van der Waals surface area (Å²) in [6, 6.07) is 0. The number of hydrogen-bond acceptors (Lipinski definition) is 1. The summed E-state index contributed by atoms with van der Waals surface area (Å²) in [5.41, 5.74) is 1.57. The second-order valence-corrected chi connectivity index (χ2v) is 21.1. The van der Waals surface area contributed by atoms with Crippen LogP contribution in [0, 0.1) is 5.41 Å². The topological polar surface area (TPSA) is 9.23 Å². The van der Waals surface area contributed by atoms with Gasteiger partial charge >= 0.3 is 0 Å². The first-order valence-electron chi connectivity index (χ1n) is 6.17. The Morgan fingerprint density at radius 2 is 1.50 bits per heavy atom. The van der Waals surface area contributed by atoms with E-state index in [0.29, 0.717) is 0 Å². The first kappa shape index (κ1) is 16.6. The zero-order valence-electron chi connectivity index (χ0n) is 12.6. The molecule has 0 radical (unpaired) electrons. The molecule has 0 saturated carbocycles. The number of rotatable bonds is 5. The highest BCUT2D eigenvalue weighted by Crippen LogP contribution is 2.33. The maximum atomic E-state index is 6.35. The largest absolute Gasteiger partial charge is 0.385 e. The van der Waals surface area contributed by atoms with Crippen LogP contribution in [0.15, 0.2) is 0 Å². The smallest absolute Gasteiger partial charge is 0.191 e. The van der Waals surface area contributed by atoms with Crippen LogP contribution in [0.1, 0.15) is 27.2 Å². The van der Waals surface area contributed by atoms with Crippen molar-refractivity contribution >= 4 is 29.3 Å². The molecule has 96 valence electrons. The standard InChI is InChI=1S/C12H29OPSi2/c1-10-12(2,3)11(13-15(4,5)6)14-16(7,8)9/h10H2,1-9H3. The molecule has 0 saturated heterocycles. The van der Waals surface area contributed by atoms with Crippen molar-refractivity contribution in [2.24, 2.45) is 5.41 Å². The number of hydrogen-bond donors (Lipinski definition) is 0. The van der Waals surface area contributed by atoms with Crippen LogP contribution in [0.4, 0.5) is 0 Å². The Bertz CT molecular complexity index is 259. The molecule has 1 nitrogen and oxygen atoms in total. The third-order valence-corrected chi connectivity index (χ3v) is 7.48. The Labute approximate surface area is 106 Å². The van der Waals surface area contributed by atoms with E-state index in [4.69, 9.17) is 4.43 Å². The molecule has 0 bridgehead atoms. The summed E-state index contributed by atoms with van der Waals surface area (Å²) < 4.78 is 6.35. The Morgan fingerprint density at radius 1 is 1.06 bits per heavy atom. The van der Waals surface area contributed by atoms with Crippen LogP contribution in [0.5, 0.6) is 0 Å². The van der Waals surface area contributed by atoms with Gasteiger partial charge in [-0.25, -0.2) is 0 Å². The van der Waals surface area contributed by atoms with Gasteiger partial charge in [-0.1, -0.05) is 48.2 Å². The molecule has 0 aliphatic heterocycles. The second kappa shape index (κ2) is 5.47. The van der Waals surface area contributed by atoms with Gasteiger partial charge in [-0.2, -0.15) is 0 Å². The van der Waals surface area contributed by atoms with Crippen molar-refractivity contribution in [1.82, 2.24) is 0 Å². The minimum absolute atomic E-state index is 0.224. The van der Waals surface area contributed by atoms with Crippen LogP contribution in [-0.2, 0) is 4.43 Å². The molecule has 0 heterocycles. The van der Waals surface area contributed by atoms with Gasteiger partial charge in [0.15, 0.2) is 8.32 Å². The van der Waals surface area contributed by atoms with Crippen molar-refractivity contribution in [2.75, 3.05) is 0 Å². The van der Waals surface area contributed by atoms with Gasteiger partial charge in [0.05, 0.1) is 5.48 Å². The highest BCUT2D eigenvalue weighted by atomic mass is 31.3. The fourth-order valence-corrected chi connectivity index (χ4v) is 7.14. The Kier molecular flexibility index (Phi) is 5.66.